The molecule has 0 radical (unpaired) electrons. The minimum absolute atomic E-state index is 0.746. The van der Waals surface area contributed by atoms with Crippen LogP contribution in [0.2, 0.25) is 0 Å². The van der Waals surface area contributed by atoms with Gasteiger partial charge in [-0.15, -0.1) is 0 Å². The number of nitrogens with zero attached hydrogens (tertiary/aromatic N) is 1. The van der Waals surface area contributed by atoms with E-state index in [0.29, 0.717) is 0 Å². The second-order valence-electron chi connectivity index (χ2n) is 3.55. The fourth-order valence-electron chi connectivity index (χ4n) is 1.48. The van der Waals surface area contributed by atoms with Crippen LogP contribution in [0.5, 0.6) is 5.75 Å². The molecule has 0 atom stereocenters. The molecule has 17 heavy (non-hydrogen) atoms. The Morgan fingerprint density at radius 3 is 3.00 bits per heavy atom. The van der Waals surface area contributed by atoms with Gasteiger partial charge in [-0.3, -0.25) is 4.98 Å². The molecule has 0 unspecified atom stereocenters. The molecule has 0 aliphatic rings. The van der Waals surface area contributed by atoms with E-state index in [4.69, 9.17) is 4.74 Å². The summed E-state index contributed by atoms with van der Waals surface area (Å²) in [6.45, 7) is 0.746. The lowest BCUT2D eigenvalue weighted by Gasteiger charge is -2.09. The van der Waals surface area contributed by atoms with Gasteiger partial charge in [-0.1, -0.05) is 6.07 Å². The molecule has 1 aromatic carbocycles. The third-order valence-corrected chi connectivity index (χ3v) is 3.12. The first kappa shape index (κ1) is 11.9. The number of methoxy groups -OCH3 is 1. The highest BCUT2D eigenvalue weighted by Gasteiger charge is 1.99. The quantitative estimate of drug-likeness (QED) is 0.937. The van der Waals surface area contributed by atoms with Gasteiger partial charge >= 0.3 is 0 Å². The highest BCUT2D eigenvalue weighted by molar-refractivity contribution is 9.10. The van der Waals surface area contributed by atoms with Crippen molar-refractivity contribution in [2.45, 2.75) is 6.54 Å². The van der Waals surface area contributed by atoms with Crippen molar-refractivity contribution in [3.63, 3.8) is 0 Å². The fourth-order valence-corrected chi connectivity index (χ4v) is 1.87. The summed E-state index contributed by atoms with van der Waals surface area (Å²) in [6.07, 6.45) is 3.58. The molecule has 1 N–H and O–H groups in total. The van der Waals surface area contributed by atoms with E-state index in [1.165, 1.54) is 5.56 Å². The van der Waals surface area contributed by atoms with E-state index in [0.717, 1.165) is 22.5 Å². The van der Waals surface area contributed by atoms with Crippen LogP contribution in [0.4, 0.5) is 5.69 Å². The Morgan fingerprint density at radius 1 is 1.35 bits per heavy atom. The Morgan fingerprint density at radius 2 is 2.24 bits per heavy atom. The van der Waals surface area contributed by atoms with E-state index < -0.39 is 0 Å². The van der Waals surface area contributed by atoms with Crippen molar-refractivity contribution in [1.82, 2.24) is 4.98 Å². The summed E-state index contributed by atoms with van der Waals surface area (Å²) in [5, 5.41) is 3.34. The summed E-state index contributed by atoms with van der Waals surface area (Å²) in [4.78, 5) is 4.03. The number of nitrogens with one attached hydrogen (secondary N) is 1. The number of anilines is 1. The Kier molecular flexibility index (Phi) is 3.98. The van der Waals surface area contributed by atoms with E-state index in [1.807, 2.05) is 30.3 Å². The zero-order valence-electron chi connectivity index (χ0n) is 9.48. The molecular formula is C13H13BrN2O. The number of hydrogen-bond donors (Lipinski definition) is 1. The SMILES string of the molecule is COc1cccc(NCc2ccncc2Br)c1. The maximum atomic E-state index is 5.17. The topological polar surface area (TPSA) is 34.1 Å². The van der Waals surface area contributed by atoms with Crippen molar-refractivity contribution in [3.8, 4) is 5.75 Å². The standard InChI is InChI=1S/C13H13BrN2O/c1-17-12-4-2-3-11(7-12)16-8-10-5-6-15-9-13(10)14/h2-7,9,16H,8H2,1H3. The highest BCUT2D eigenvalue weighted by Crippen LogP contribution is 2.19. The maximum Gasteiger partial charge on any atom is 0.120 e. The first-order valence-electron chi connectivity index (χ1n) is 5.26. The first-order chi connectivity index (χ1) is 8.29. The molecular weight excluding hydrogens is 280 g/mol. The van der Waals surface area contributed by atoms with Crippen LogP contribution in [0.3, 0.4) is 0 Å². The maximum absolute atomic E-state index is 5.17. The van der Waals surface area contributed by atoms with Crippen molar-refractivity contribution in [1.29, 1.82) is 0 Å². The van der Waals surface area contributed by atoms with E-state index in [9.17, 15) is 0 Å². The molecule has 1 heterocycles. The summed E-state index contributed by atoms with van der Waals surface area (Å²) in [7, 11) is 1.67. The predicted molar refractivity (Wildman–Crippen MR) is 72.3 cm³/mol. The molecule has 0 saturated carbocycles. The van der Waals surface area contributed by atoms with Crippen LogP contribution in [0.1, 0.15) is 5.56 Å². The molecule has 0 aliphatic carbocycles. The number of benzene rings is 1. The minimum Gasteiger partial charge on any atom is -0.497 e. The number of aromatic nitrogens is 1. The second-order valence-corrected chi connectivity index (χ2v) is 4.41. The molecule has 0 bridgehead atoms. The number of halogens is 1. The Labute approximate surface area is 109 Å². The third-order valence-electron chi connectivity index (χ3n) is 2.41. The smallest absolute Gasteiger partial charge is 0.120 e. The van der Waals surface area contributed by atoms with Gasteiger partial charge in [-0.2, -0.15) is 0 Å². The predicted octanol–water partition coefficient (Wildman–Crippen LogP) is 3.46. The van der Waals surface area contributed by atoms with Crippen molar-refractivity contribution in [3.05, 3.63) is 52.8 Å². The average molecular weight is 293 g/mol. The van der Waals surface area contributed by atoms with E-state index in [-0.39, 0.29) is 0 Å². The average Bonchev–Trinajstić information content (AvgIpc) is 2.38. The van der Waals surface area contributed by atoms with Crippen LogP contribution >= 0.6 is 15.9 Å². The summed E-state index contributed by atoms with van der Waals surface area (Å²) in [5.74, 6) is 0.851. The largest absolute Gasteiger partial charge is 0.497 e. The summed E-state index contributed by atoms with van der Waals surface area (Å²) >= 11 is 3.47. The zero-order chi connectivity index (χ0) is 12.1. The van der Waals surface area contributed by atoms with Crippen LogP contribution in [-0.4, -0.2) is 12.1 Å². The van der Waals surface area contributed by atoms with Crippen LogP contribution in [0, 0.1) is 0 Å². The number of pyridine rings is 1. The normalized spacial score (nSPS) is 10.0. The number of rotatable bonds is 4. The van der Waals surface area contributed by atoms with Gasteiger partial charge in [0.25, 0.3) is 0 Å². The molecule has 2 rings (SSSR count). The van der Waals surface area contributed by atoms with Gasteiger partial charge in [0.05, 0.1) is 7.11 Å². The van der Waals surface area contributed by atoms with Gasteiger partial charge in [0.1, 0.15) is 5.75 Å². The molecule has 0 fully saturated rings. The molecule has 0 amide bonds. The van der Waals surface area contributed by atoms with Crippen molar-refractivity contribution >= 4 is 21.6 Å². The lowest BCUT2D eigenvalue weighted by Crippen LogP contribution is -2.00. The molecule has 1 aromatic heterocycles. The summed E-state index contributed by atoms with van der Waals surface area (Å²) < 4.78 is 6.18. The van der Waals surface area contributed by atoms with Crippen molar-refractivity contribution in [2.24, 2.45) is 0 Å². The molecule has 0 spiro atoms. The van der Waals surface area contributed by atoms with Gasteiger partial charge in [0, 0.05) is 35.2 Å². The van der Waals surface area contributed by atoms with E-state index in [2.05, 4.69) is 26.2 Å². The fraction of sp³-hybridized carbons (Fsp3) is 0.154. The third kappa shape index (κ3) is 3.20. The Balaban J connectivity index is 2.05. The van der Waals surface area contributed by atoms with Gasteiger partial charge in [0.15, 0.2) is 0 Å². The lowest BCUT2D eigenvalue weighted by molar-refractivity contribution is 0.415. The second kappa shape index (κ2) is 5.68. The first-order valence-corrected chi connectivity index (χ1v) is 6.05. The number of hydrogen-bond acceptors (Lipinski definition) is 3. The molecule has 3 nitrogen and oxygen atoms in total. The molecule has 2 aromatic rings. The van der Waals surface area contributed by atoms with Gasteiger partial charge < -0.3 is 10.1 Å². The van der Waals surface area contributed by atoms with Crippen molar-refractivity contribution in [2.75, 3.05) is 12.4 Å². The Hall–Kier alpha value is -1.55. The summed E-state index contributed by atoms with van der Waals surface area (Å²) in [6, 6.07) is 9.85. The molecule has 0 aliphatic heterocycles. The molecule has 4 heteroatoms. The van der Waals surface area contributed by atoms with Crippen LogP contribution < -0.4 is 10.1 Å². The van der Waals surface area contributed by atoms with Gasteiger partial charge in [0.2, 0.25) is 0 Å². The lowest BCUT2D eigenvalue weighted by atomic mass is 10.2. The van der Waals surface area contributed by atoms with Crippen LogP contribution in [-0.2, 0) is 6.54 Å². The van der Waals surface area contributed by atoms with E-state index >= 15 is 0 Å². The minimum atomic E-state index is 0.746. The van der Waals surface area contributed by atoms with E-state index in [1.54, 1.807) is 19.5 Å². The van der Waals surface area contributed by atoms with Gasteiger partial charge in [-0.25, -0.2) is 0 Å². The zero-order valence-corrected chi connectivity index (χ0v) is 11.1. The number of ether oxygens (including phenoxy) is 1. The Bertz CT molecular complexity index is 502. The summed E-state index contributed by atoms with van der Waals surface area (Å²) in [5.41, 5.74) is 2.20. The monoisotopic (exact) mass is 292 g/mol. The van der Waals surface area contributed by atoms with Crippen LogP contribution in [0.15, 0.2) is 47.2 Å². The van der Waals surface area contributed by atoms with Gasteiger partial charge in [-0.05, 0) is 39.7 Å². The molecule has 88 valence electrons. The highest BCUT2D eigenvalue weighted by atomic mass is 79.9. The van der Waals surface area contributed by atoms with Crippen LogP contribution in [0.25, 0.3) is 0 Å². The molecule has 0 saturated heterocycles. The van der Waals surface area contributed by atoms with Crippen molar-refractivity contribution < 1.29 is 4.74 Å².